The molecule has 0 aliphatic rings. The topological polar surface area (TPSA) is 38.3 Å². The molecule has 1 aromatic rings. The number of aryl methyl sites for hydroxylation is 2. The average molecular weight is 263 g/mol. The summed E-state index contributed by atoms with van der Waals surface area (Å²) in [6, 6.07) is 6.13. The normalized spacial score (nSPS) is 14.1. The van der Waals surface area contributed by atoms with E-state index in [0.29, 0.717) is 5.92 Å². The van der Waals surface area contributed by atoms with Crippen molar-refractivity contribution in [2.75, 3.05) is 0 Å². The minimum atomic E-state index is -0.484. The van der Waals surface area contributed by atoms with Crippen molar-refractivity contribution in [2.24, 2.45) is 5.92 Å². The smallest absolute Gasteiger partial charge is 0.260 e. The van der Waals surface area contributed by atoms with E-state index in [0.717, 1.165) is 16.9 Å². The van der Waals surface area contributed by atoms with Crippen LogP contribution in [-0.4, -0.2) is 18.1 Å². The van der Waals surface area contributed by atoms with Crippen LogP contribution < -0.4 is 10.1 Å². The van der Waals surface area contributed by atoms with Crippen LogP contribution in [0, 0.1) is 19.8 Å². The fourth-order valence-electron chi connectivity index (χ4n) is 1.77. The van der Waals surface area contributed by atoms with E-state index in [-0.39, 0.29) is 11.9 Å². The van der Waals surface area contributed by atoms with Crippen LogP contribution in [0.1, 0.15) is 38.8 Å². The van der Waals surface area contributed by atoms with Gasteiger partial charge in [-0.15, -0.1) is 0 Å². The van der Waals surface area contributed by atoms with E-state index < -0.39 is 6.10 Å². The Labute approximate surface area is 116 Å². The van der Waals surface area contributed by atoms with E-state index in [2.05, 4.69) is 25.2 Å². The van der Waals surface area contributed by atoms with Crippen molar-refractivity contribution in [1.82, 2.24) is 5.32 Å². The SMILES string of the molecule is Cc1cc(C)cc(O[C@@H](C)C(=O)N[C@@H](C)C(C)C)c1. The van der Waals surface area contributed by atoms with Crippen molar-refractivity contribution < 1.29 is 9.53 Å². The maximum absolute atomic E-state index is 12.0. The lowest BCUT2D eigenvalue weighted by molar-refractivity contribution is -0.128. The van der Waals surface area contributed by atoms with Gasteiger partial charge in [0.05, 0.1) is 0 Å². The molecule has 1 rings (SSSR count). The summed E-state index contributed by atoms with van der Waals surface area (Å²) in [6.45, 7) is 12.0. The Morgan fingerprint density at radius 3 is 2.05 bits per heavy atom. The second-order valence-electron chi connectivity index (χ2n) is 5.62. The van der Waals surface area contributed by atoms with Crippen LogP contribution in [0.4, 0.5) is 0 Å². The second kappa shape index (κ2) is 6.60. The van der Waals surface area contributed by atoms with Gasteiger partial charge in [0.1, 0.15) is 5.75 Å². The molecule has 0 saturated heterocycles. The Balaban J connectivity index is 2.63. The number of carbonyl (C=O) groups excluding carboxylic acids is 1. The first-order valence-electron chi connectivity index (χ1n) is 6.85. The number of benzene rings is 1. The van der Waals surface area contributed by atoms with Gasteiger partial charge < -0.3 is 10.1 Å². The molecule has 0 aromatic heterocycles. The van der Waals surface area contributed by atoms with E-state index in [4.69, 9.17) is 4.74 Å². The zero-order chi connectivity index (χ0) is 14.6. The summed E-state index contributed by atoms with van der Waals surface area (Å²) in [6.07, 6.45) is -0.484. The highest BCUT2D eigenvalue weighted by molar-refractivity contribution is 5.81. The van der Waals surface area contributed by atoms with Gasteiger partial charge in [0.2, 0.25) is 0 Å². The standard InChI is InChI=1S/C16H25NO2/c1-10(2)13(5)17-16(18)14(6)19-15-8-11(3)7-12(4)9-15/h7-10,13-14H,1-6H3,(H,17,18)/t13-,14-/m0/s1. The Kier molecular flexibility index (Phi) is 5.40. The lowest BCUT2D eigenvalue weighted by atomic mass is 10.1. The molecular weight excluding hydrogens is 238 g/mol. The minimum absolute atomic E-state index is 0.0691. The highest BCUT2D eigenvalue weighted by Crippen LogP contribution is 2.17. The van der Waals surface area contributed by atoms with Gasteiger partial charge in [0, 0.05) is 6.04 Å². The molecule has 0 radical (unpaired) electrons. The van der Waals surface area contributed by atoms with Gasteiger partial charge in [-0.3, -0.25) is 4.79 Å². The molecule has 1 amide bonds. The summed E-state index contributed by atoms with van der Waals surface area (Å²) in [7, 11) is 0. The summed E-state index contributed by atoms with van der Waals surface area (Å²) < 4.78 is 5.71. The summed E-state index contributed by atoms with van der Waals surface area (Å²) >= 11 is 0. The van der Waals surface area contributed by atoms with Crippen LogP contribution in [0.25, 0.3) is 0 Å². The van der Waals surface area contributed by atoms with E-state index in [9.17, 15) is 4.79 Å². The molecule has 0 fully saturated rings. The third kappa shape index (κ3) is 4.93. The van der Waals surface area contributed by atoms with Gasteiger partial charge in [-0.2, -0.15) is 0 Å². The predicted molar refractivity (Wildman–Crippen MR) is 78.4 cm³/mol. The van der Waals surface area contributed by atoms with E-state index in [1.807, 2.05) is 32.9 Å². The number of amides is 1. The highest BCUT2D eigenvalue weighted by atomic mass is 16.5. The van der Waals surface area contributed by atoms with Gasteiger partial charge in [0.15, 0.2) is 6.10 Å². The van der Waals surface area contributed by atoms with Gasteiger partial charge in [-0.05, 0) is 56.9 Å². The van der Waals surface area contributed by atoms with Gasteiger partial charge >= 0.3 is 0 Å². The third-order valence-corrected chi connectivity index (χ3v) is 3.25. The maximum atomic E-state index is 12.0. The van der Waals surface area contributed by atoms with Crippen molar-refractivity contribution in [3.8, 4) is 5.75 Å². The van der Waals surface area contributed by atoms with Crippen LogP contribution in [0.3, 0.4) is 0 Å². The molecule has 3 nitrogen and oxygen atoms in total. The van der Waals surface area contributed by atoms with E-state index >= 15 is 0 Å². The quantitative estimate of drug-likeness (QED) is 0.885. The Hall–Kier alpha value is -1.51. The molecule has 0 aliphatic heterocycles. The molecule has 0 spiro atoms. The molecule has 1 N–H and O–H groups in total. The molecule has 0 heterocycles. The predicted octanol–water partition coefficient (Wildman–Crippen LogP) is 3.23. The number of carbonyl (C=O) groups is 1. The van der Waals surface area contributed by atoms with Crippen LogP contribution in [0.2, 0.25) is 0 Å². The maximum Gasteiger partial charge on any atom is 0.260 e. The van der Waals surface area contributed by atoms with Crippen LogP contribution >= 0.6 is 0 Å². The zero-order valence-electron chi connectivity index (χ0n) is 12.8. The summed E-state index contributed by atoms with van der Waals surface area (Å²) in [4.78, 5) is 12.0. The first-order valence-corrected chi connectivity index (χ1v) is 6.85. The molecule has 0 aliphatic carbocycles. The number of rotatable bonds is 5. The Morgan fingerprint density at radius 1 is 1.05 bits per heavy atom. The molecule has 0 unspecified atom stereocenters. The van der Waals surface area contributed by atoms with E-state index in [1.165, 1.54) is 0 Å². The molecule has 3 heteroatoms. The van der Waals surface area contributed by atoms with Crippen LogP contribution in [-0.2, 0) is 4.79 Å². The largest absolute Gasteiger partial charge is 0.481 e. The number of nitrogens with one attached hydrogen (secondary N) is 1. The molecular formula is C16H25NO2. The molecule has 106 valence electrons. The van der Waals surface area contributed by atoms with Crippen molar-refractivity contribution >= 4 is 5.91 Å². The first kappa shape index (κ1) is 15.5. The minimum Gasteiger partial charge on any atom is -0.481 e. The Morgan fingerprint density at radius 2 is 1.58 bits per heavy atom. The fourth-order valence-corrected chi connectivity index (χ4v) is 1.77. The average Bonchev–Trinajstić information content (AvgIpc) is 2.26. The number of ether oxygens (including phenoxy) is 1. The third-order valence-electron chi connectivity index (χ3n) is 3.25. The second-order valence-corrected chi connectivity index (χ2v) is 5.62. The van der Waals surface area contributed by atoms with Crippen LogP contribution in [0.15, 0.2) is 18.2 Å². The lowest BCUT2D eigenvalue weighted by Gasteiger charge is -2.21. The van der Waals surface area contributed by atoms with Gasteiger partial charge in [0.25, 0.3) is 5.91 Å². The summed E-state index contributed by atoms with van der Waals surface area (Å²) in [5.41, 5.74) is 2.27. The fraction of sp³-hybridized carbons (Fsp3) is 0.562. The molecule has 1 aromatic carbocycles. The van der Waals surface area contributed by atoms with Gasteiger partial charge in [-0.1, -0.05) is 19.9 Å². The van der Waals surface area contributed by atoms with Crippen molar-refractivity contribution in [2.45, 2.75) is 53.7 Å². The number of hydrogen-bond donors (Lipinski definition) is 1. The van der Waals surface area contributed by atoms with Gasteiger partial charge in [-0.25, -0.2) is 0 Å². The van der Waals surface area contributed by atoms with E-state index in [1.54, 1.807) is 6.92 Å². The van der Waals surface area contributed by atoms with Crippen molar-refractivity contribution in [1.29, 1.82) is 0 Å². The molecule has 19 heavy (non-hydrogen) atoms. The molecule has 0 bridgehead atoms. The molecule has 0 saturated carbocycles. The van der Waals surface area contributed by atoms with Crippen molar-refractivity contribution in [3.63, 3.8) is 0 Å². The summed E-state index contributed by atoms with van der Waals surface area (Å²) in [5.74, 6) is 1.09. The summed E-state index contributed by atoms with van der Waals surface area (Å²) in [5, 5.41) is 2.96. The lowest BCUT2D eigenvalue weighted by Crippen LogP contribution is -2.43. The zero-order valence-corrected chi connectivity index (χ0v) is 12.8. The van der Waals surface area contributed by atoms with Crippen molar-refractivity contribution in [3.05, 3.63) is 29.3 Å². The Bertz CT molecular complexity index is 420. The highest BCUT2D eigenvalue weighted by Gasteiger charge is 2.18. The van der Waals surface area contributed by atoms with Crippen LogP contribution in [0.5, 0.6) is 5.75 Å². The first-order chi connectivity index (χ1) is 8.79. The number of hydrogen-bond acceptors (Lipinski definition) is 2. The molecule has 2 atom stereocenters. The monoisotopic (exact) mass is 263 g/mol.